The first-order chi connectivity index (χ1) is 9.88. The summed E-state index contributed by atoms with van der Waals surface area (Å²) in [5.74, 6) is 6.15. The minimum absolute atomic E-state index is 0.142. The molecule has 1 aliphatic rings. The molecule has 0 radical (unpaired) electrons. The molecule has 5 nitrogen and oxygen atoms in total. The molecule has 2 rings (SSSR count). The molecule has 1 fully saturated rings. The number of nitrogen functional groups attached to an aromatic ring is 1. The third-order valence-corrected chi connectivity index (χ3v) is 3.76. The minimum Gasteiger partial charge on any atom is -0.370 e. The molecule has 0 aliphatic heterocycles. The van der Waals surface area contributed by atoms with Gasteiger partial charge in [0, 0.05) is 12.6 Å². The van der Waals surface area contributed by atoms with Crippen molar-refractivity contribution in [3.05, 3.63) is 11.8 Å². The van der Waals surface area contributed by atoms with Gasteiger partial charge in [0.15, 0.2) is 5.69 Å². The molecule has 2 unspecified atom stereocenters. The second-order valence-corrected chi connectivity index (χ2v) is 5.62. The first-order valence-corrected chi connectivity index (χ1v) is 7.05. The van der Waals surface area contributed by atoms with E-state index in [1.54, 1.807) is 0 Å². The lowest BCUT2D eigenvalue weighted by Crippen LogP contribution is -2.22. The largest absolute Gasteiger partial charge is 0.433 e. The van der Waals surface area contributed by atoms with Crippen LogP contribution in [0.5, 0.6) is 0 Å². The Kier molecular flexibility index (Phi) is 4.87. The van der Waals surface area contributed by atoms with Crippen molar-refractivity contribution >= 4 is 11.8 Å². The third-order valence-electron chi connectivity index (χ3n) is 3.76. The molecule has 1 saturated carbocycles. The number of nitrogens with one attached hydrogen (secondary N) is 2. The maximum atomic E-state index is 12.7. The summed E-state index contributed by atoms with van der Waals surface area (Å²) in [7, 11) is 0. The van der Waals surface area contributed by atoms with E-state index in [0.29, 0.717) is 18.4 Å². The summed E-state index contributed by atoms with van der Waals surface area (Å²) in [5, 5.41) is 2.98. The van der Waals surface area contributed by atoms with E-state index in [0.717, 1.165) is 18.9 Å². The fourth-order valence-electron chi connectivity index (χ4n) is 2.74. The van der Waals surface area contributed by atoms with Crippen molar-refractivity contribution in [1.82, 2.24) is 9.97 Å². The van der Waals surface area contributed by atoms with Gasteiger partial charge < -0.3 is 5.32 Å². The van der Waals surface area contributed by atoms with Gasteiger partial charge in [-0.05, 0) is 24.7 Å². The third kappa shape index (κ3) is 4.45. The molecule has 1 aliphatic carbocycles. The summed E-state index contributed by atoms with van der Waals surface area (Å²) >= 11 is 0. The molecule has 0 amide bonds. The zero-order valence-corrected chi connectivity index (χ0v) is 11.9. The molecular weight excluding hydrogens is 283 g/mol. The van der Waals surface area contributed by atoms with Crippen LogP contribution in [0.2, 0.25) is 0 Å². The number of hydrazine groups is 1. The maximum Gasteiger partial charge on any atom is 0.433 e. The number of nitrogens with two attached hydrogens (primary N) is 1. The number of rotatable bonds is 4. The fourth-order valence-corrected chi connectivity index (χ4v) is 2.74. The van der Waals surface area contributed by atoms with Gasteiger partial charge in [-0.25, -0.2) is 10.8 Å². The van der Waals surface area contributed by atoms with Crippen LogP contribution in [0.3, 0.4) is 0 Å². The molecule has 4 N–H and O–H groups in total. The highest BCUT2D eigenvalue weighted by Gasteiger charge is 2.33. The fraction of sp³-hybridized carbons (Fsp3) is 0.692. The van der Waals surface area contributed by atoms with Crippen LogP contribution in [0.25, 0.3) is 0 Å². The number of alkyl halides is 3. The highest BCUT2D eigenvalue weighted by atomic mass is 19.4. The van der Waals surface area contributed by atoms with Gasteiger partial charge in [-0.15, -0.1) is 0 Å². The Bertz CT molecular complexity index is 477. The lowest BCUT2D eigenvalue weighted by molar-refractivity contribution is -0.141. The maximum absolute atomic E-state index is 12.7. The number of anilines is 2. The number of halogens is 3. The van der Waals surface area contributed by atoms with Crippen LogP contribution in [0.1, 0.15) is 38.3 Å². The van der Waals surface area contributed by atoms with Crippen LogP contribution >= 0.6 is 0 Å². The van der Waals surface area contributed by atoms with Crippen molar-refractivity contribution < 1.29 is 13.2 Å². The van der Waals surface area contributed by atoms with E-state index in [-0.39, 0.29) is 11.8 Å². The SMILES string of the molecule is CC1CCCC(CNc2cc(C(F)(F)F)nc(NN)n2)C1. The highest BCUT2D eigenvalue weighted by Crippen LogP contribution is 2.31. The summed E-state index contributed by atoms with van der Waals surface area (Å²) in [4.78, 5) is 7.23. The van der Waals surface area contributed by atoms with E-state index in [4.69, 9.17) is 5.84 Å². The Morgan fingerprint density at radius 1 is 1.33 bits per heavy atom. The quantitative estimate of drug-likeness (QED) is 0.589. The smallest absolute Gasteiger partial charge is 0.370 e. The number of aromatic nitrogens is 2. The van der Waals surface area contributed by atoms with Gasteiger partial charge in [0.05, 0.1) is 0 Å². The first kappa shape index (κ1) is 15.8. The van der Waals surface area contributed by atoms with Crippen molar-refractivity contribution in [3.63, 3.8) is 0 Å². The van der Waals surface area contributed by atoms with E-state index in [1.807, 2.05) is 0 Å². The van der Waals surface area contributed by atoms with Gasteiger partial charge in [-0.3, -0.25) is 5.43 Å². The normalized spacial score (nSPS) is 22.9. The topological polar surface area (TPSA) is 75.9 Å². The molecular formula is C13H20F3N5. The Balaban J connectivity index is 2.05. The van der Waals surface area contributed by atoms with Crippen LogP contribution in [-0.4, -0.2) is 16.5 Å². The summed E-state index contributed by atoms with van der Waals surface area (Å²) in [6.45, 7) is 2.82. The van der Waals surface area contributed by atoms with Gasteiger partial charge in [0.2, 0.25) is 5.95 Å². The molecule has 2 atom stereocenters. The van der Waals surface area contributed by atoms with E-state index in [2.05, 4.69) is 27.6 Å². The molecule has 118 valence electrons. The summed E-state index contributed by atoms with van der Waals surface area (Å²) in [6.07, 6.45) is 0.0528. The molecule has 0 bridgehead atoms. The Hall–Kier alpha value is -1.57. The van der Waals surface area contributed by atoms with Gasteiger partial charge >= 0.3 is 6.18 Å². The Labute approximate surface area is 121 Å². The highest BCUT2D eigenvalue weighted by molar-refractivity contribution is 5.42. The molecule has 8 heteroatoms. The second-order valence-electron chi connectivity index (χ2n) is 5.62. The Morgan fingerprint density at radius 2 is 2.10 bits per heavy atom. The molecule has 1 aromatic rings. The monoisotopic (exact) mass is 303 g/mol. The average molecular weight is 303 g/mol. The van der Waals surface area contributed by atoms with E-state index in [1.165, 1.54) is 12.8 Å². The zero-order chi connectivity index (χ0) is 15.5. The number of nitrogens with zero attached hydrogens (tertiary/aromatic N) is 2. The van der Waals surface area contributed by atoms with Crippen LogP contribution in [0, 0.1) is 11.8 Å². The van der Waals surface area contributed by atoms with E-state index < -0.39 is 11.9 Å². The predicted octanol–water partition coefficient (Wildman–Crippen LogP) is 3.02. The van der Waals surface area contributed by atoms with Gasteiger partial charge in [-0.2, -0.15) is 18.2 Å². The van der Waals surface area contributed by atoms with Crippen LogP contribution in [0.15, 0.2) is 6.07 Å². The molecule has 0 spiro atoms. The second kappa shape index (κ2) is 6.46. The first-order valence-electron chi connectivity index (χ1n) is 7.05. The van der Waals surface area contributed by atoms with Crippen LogP contribution in [0.4, 0.5) is 24.9 Å². The standard InChI is InChI=1S/C13H20F3N5/c1-8-3-2-4-9(5-8)7-18-11-6-10(13(14,15)16)19-12(20-11)21-17/h6,8-9H,2-5,7,17H2,1H3,(H2,18,19,20,21). The molecule has 0 aromatic carbocycles. The van der Waals surface area contributed by atoms with Gasteiger partial charge in [0.1, 0.15) is 5.82 Å². The summed E-state index contributed by atoms with van der Waals surface area (Å²) < 4.78 is 38.2. The van der Waals surface area contributed by atoms with E-state index >= 15 is 0 Å². The van der Waals surface area contributed by atoms with E-state index in [9.17, 15) is 13.2 Å². The molecule has 1 heterocycles. The van der Waals surface area contributed by atoms with Crippen LogP contribution in [-0.2, 0) is 6.18 Å². The minimum atomic E-state index is -4.52. The molecule has 0 saturated heterocycles. The number of hydrogen-bond donors (Lipinski definition) is 3. The van der Waals surface area contributed by atoms with Crippen molar-refractivity contribution in [2.75, 3.05) is 17.3 Å². The van der Waals surface area contributed by atoms with Crippen molar-refractivity contribution in [1.29, 1.82) is 0 Å². The van der Waals surface area contributed by atoms with Crippen molar-refractivity contribution in [2.45, 2.75) is 38.8 Å². The predicted molar refractivity (Wildman–Crippen MR) is 74.5 cm³/mol. The molecule has 21 heavy (non-hydrogen) atoms. The number of hydrogen-bond acceptors (Lipinski definition) is 5. The molecule has 1 aromatic heterocycles. The van der Waals surface area contributed by atoms with Crippen molar-refractivity contribution in [3.8, 4) is 0 Å². The summed E-state index contributed by atoms with van der Waals surface area (Å²) in [6, 6.07) is 0.910. The van der Waals surface area contributed by atoms with Gasteiger partial charge in [-0.1, -0.05) is 19.8 Å². The van der Waals surface area contributed by atoms with Gasteiger partial charge in [0.25, 0.3) is 0 Å². The summed E-state index contributed by atoms with van der Waals surface area (Å²) in [5.41, 5.74) is 1.05. The average Bonchev–Trinajstić information content (AvgIpc) is 2.44. The lowest BCUT2D eigenvalue weighted by Gasteiger charge is -2.27. The lowest BCUT2D eigenvalue weighted by atomic mass is 9.82. The van der Waals surface area contributed by atoms with Crippen LogP contribution < -0.4 is 16.6 Å². The van der Waals surface area contributed by atoms with Crippen molar-refractivity contribution in [2.24, 2.45) is 17.7 Å². The zero-order valence-electron chi connectivity index (χ0n) is 11.9. The Morgan fingerprint density at radius 3 is 2.71 bits per heavy atom.